The van der Waals surface area contributed by atoms with E-state index in [0.29, 0.717) is 6.04 Å². The van der Waals surface area contributed by atoms with Gasteiger partial charge in [0, 0.05) is 19.1 Å². The lowest BCUT2D eigenvalue weighted by Gasteiger charge is -2.42. The third kappa shape index (κ3) is 3.93. The second-order valence-electron chi connectivity index (χ2n) is 8.85. The molecule has 24 heavy (non-hydrogen) atoms. The first kappa shape index (κ1) is 17.7. The van der Waals surface area contributed by atoms with Crippen molar-refractivity contribution in [2.75, 3.05) is 31.1 Å². The van der Waals surface area contributed by atoms with Crippen molar-refractivity contribution in [3.8, 4) is 0 Å². The van der Waals surface area contributed by atoms with Gasteiger partial charge in [0.05, 0.1) is 5.69 Å². The van der Waals surface area contributed by atoms with Gasteiger partial charge in [-0.05, 0) is 67.8 Å². The molecular weight excluding hydrogens is 299 g/mol. The number of halogens is 1. The topological polar surface area (TPSA) is 6.48 Å². The van der Waals surface area contributed by atoms with Gasteiger partial charge in [0.25, 0.3) is 0 Å². The van der Waals surface area contributed by atoms with E-state index in [1.54, 1.807) is 6.07 Å². The first-order valence-electron chi connectivity index (χ1n) is 9.63. The quantitative estimate of drug-likeness (QED) is 0.766. The Hall–Kier alpha value is -1.09. The summed E-state index contributed by atoms with van der Waals surface area (Å²) >= 11 is 0. The van der Waals surface area contributed by atoms with Crippen molar-refractivity contribution < 1.29 is 4.39 Å². The summed E-state index contributed by atoms with van der Waals surface area (Å²) in [5.41, 5.74) is 1.85. The van der Waals surface area contributed by atoms with Crippen molar-refractivity contribution in [2.24, 2.45) is 5.92 Å². The molecule has 0 unspecified atom stereocenters. The zero-order valence-corrected chi connectivity index (χ0v) is 15.8. The highest BCUT2D eigenvalue weighted by atomic mass is 19.1. The second kappa shape index (κ2) is 7.03. The number of anilines is 1. The van der Waals surface area contributed by atoms with Crippen LogP contribution in [-0.2, 0) is 5.41 Å². The standard InChI is InChI=1S/C21H33FN2/c1-16-7-11-23(12-8-16)18-9-13-24(14-10-18)20-6-5-17(15-19(20)22)21(2,3)4/h5-6,15-16,18H,7-14H2,1-4H3. The Labute approximate surface area is 147 Å². The maximum atomic E-state index is 14.6. The van der Waals surface area contributed by atoms with E-state index in [-0.39, 0.29) is 11.2 Å². The van der Waals surface area contributed by atoms with Crippen LogP contribution in [0.2, 0.25) is 0 Å². The van der Waals surface area contributed by atoms with E-state index in [1.165, 1.54) is 25.9 Å². The molecule has 2 saturated heterocycles. The third-order valence-electron chi connectivity index (χ3n) is 5.95. The predicted octanol–water partition coefficient (Wildman–Crippen LogP) is 4.82. The predicted molar refractivity (Wildman–Crippen MR) is 100 cm³/mol. The largest absolute Gasteiger partial charge is 0.369 e. The number of piperidine rings is 2. The molecule has 2 nitrogen and oxygen atoms in total. The van der Waals surface area contributed by atoms with E-state index >= 15 is 0 Å². The Kier molecular flexibility index (Phi) is 5.19. The summed E-state index contributed by atoms with van der Waals surface area (Å²) in [5.74, 6) is 0.824. The lowest BCUT2D eigenvalue weighted by atomic mass is 9.87. The van der Waals surface area contributed by atoms with Gasteiger partial charge in [0.15, 0.2) is 0 Å². The van der Waals surface area contributed by atoms with Gasteiger partial charge in [-0.1, -0.05) is 33.8 Å². The number of hydrogen-bond donors (Lipinski definition) is 0. The summed E-state index contributed by atoms with van der Waals surface area (Å²) in [7, 11) is 0. The van der Waals surface area contributed by atoms with E-state index < -0.39 is 0 Å². The molecule has 2 heterocycles. The molecule has 2 aliphatic heterocycles. The molecule has 0 radical (unpaired) electrons. The van der Waals surface area contributed by atoms with Gasteiger partial charge < -0.3 is 9.80 Å². The molecule has 1 aromatic rings. The molecule has 0 spiro atoms. The number of rotatable bonds is 2. The first-order chi connectivity index (χ1) is 11.3. The van der Waals surface area contributed by atoms with Crippen molar-refractivity contribution in [3.63, 3.8) is 0 Å². The van der Waals surface area contributed by atoms with Gasteiger partial charge in [0.2, 0.25) is 0 Å². The first-order valence-corrected chi connectivity index (χ1v) is 9.63. The molecule has 1 aromatic carbocycles. The molecule has 0 atom stereocenters. The Morgan fingerprint density at radius 1 is 0.958 bits per heavy atom. The lowest BCUT2D eigenvalue weighted by molar-refractivity contribution is 0.120. The zero-order valence-electron chi connectivity index (χ0n) is 15.8. The van der Waals surface area contributed by atoms with Crippen molar-refractivity contribution >= 4 is 5.69 Å². The van der Waals surface area contributed by atoms with Crippen LogP contribution in [0.25, 0.3) is 0 Å². The summed E-state index contributed by atoms with van der Waals surface area (Å²) < 4.78 is 14.6. The monoisotopic (exact) mass is 332 g/mol. The Morgan fingerprint density at radius 3 is 2.12 bits per heavy atom. The van der Waals surface area contributed by atoms with E-state index in [0.717, 1.165) is 43.1 Å². The molecule has 0 amide bonds. The fourth-order valence-electron chi connectivity index (χ4n) is 4.10. The molecule has 3 heteroatoms. The van der Waals surface area contributed by atoms with E-state index in [2.05, 4.69) is 43.6 Å². The molecule has 0 saturated carbocycles. The van der Waals surface area contributed by atoms with E-state index in [9.17, 15) is 4.39 Å². The highest BCUT2D eigenvalue weighted by Crippen LogP contribution is 2.30. The fourth-order valence-corrected chi connectivity index (χ4v) is 4.10. The van der Waals surface area contributed by atoms with Crippen LogP contribution in [0.4, 0.5) is 10.1 Å². The minimum atomic E-state index is -0.0623. The van der Waals surface area contributed by atoms with Crippen molar-refractivity contribution in [3.05, 3.63) is 29.6 Å². The average Bonchev–Trinajstić information content (AvgIpc) is 2.55. The minimum absolute atomic E-state index is 0.00222. The van der Waals surface area contributed by atoms with Crippen molar-refractivity contribution in [2.45, 2.75) is 64.8 Å². The Balaban J connectivity index is 1.60. The second-order valence-corrected chi connectivity index (χ2v) is 8.85. The molecule has 2 fully saturated rings. The van der Waals surface area contributed by atoms with E-state index in [1.807, 2.05) is 6.07 Å². The Bertz CT molecular complexity index is 547. The SMILES string of the molecule is CC1CCN(C2CCN(c3ccc(C(C)(C)C)cc3F)CC2)CC1. The van der Waals surface area contributed by atoms with Crippen LogP contribution in [0.5, 0.6) is 0 Å². The Morgan fingerprint density at radius 2 is 1.58 bits per heavy atom. The van der Waals surface area contributed by atoms with Crippen molar-refractivity contribution in [1.82, 2.24) is 4.90 Å². The smallest absolute Gasteiger partial charge is 0.146 e. The summed E-state index contributed by atoms with van der Waals surface area (Å²) in [6.07, 6.45) is 5.00. The highest BCUT2D eigenvalue weighted by Gasteiger charge is 2.28. The molecule has 134 valence electrons. The van der Waals surface area contributed by atoms with Crippen LogP contribution in [-0.4, -0.2) is 37.1 Å². The molecule has 3 rings (SSSR count). The van der Waals surface area contributed by atoms with Gasteiger partial charge in [-0.15, -0.1) is 0 Å². The van der Waals surface area contributed by atoms with Crippen LogP contribution in [0.3, 0.4) is 0 Å². The van der Waals surface area contributed by atoms with Crippen molar-refractivity contribution in [1.29, 1.82) is 0 Å². The summed E-state index contributed by atoms with van der Waals surface area (Å²) in [6.45, 7) is 13.2. The number of nitrogens with zero attached hydrogens (tertiary/aromatic N) is 2. The number of likely N-dealkylation sites (tertiary alicyclic amines) is 1. The van der Waals surface area contributed by atoms with Gasteiger partial charge in [0.1, 0.15) is 5.82 Å². The lowest BCUT2D eigenvalue weighted by Crippen LogP contribution is -2.47. The van der Waals surface area contributed by atoms with Crippen LogP contribution in [0, 0.1) is 11.7 Å². The molecule has 0 bridgehead atoms. The summed E-state index contributed by atoms with van der Waals surface area (Å²) in [5, 5.41) is 0. The molecule has 0 N–H and O–H groups in total. The summed E-state index contributed by atoms with van der Waals surface area (Å²) in [4.78, 5) is 4.92. The van der Waals surface area contributed by atoms with Crippen LogP contribution in [0.1, 0.15) is 58.9 Å². The third-order valence-corrected chi connectivity index (χ3v) is 5.95. The van der Waals surface area contributed by atoms with Gasteiger partial charge in [-0.2, -0.15) is 0 Å². The maximum absolute atomic E-state index is 14.6. The maximum Gasteiger partial charge on any atom is 0.146 e. The fraction of sp³-hybridized carbons (Fsp3) is 0.714. The van der Waals surface area contributed by atoms with E-state index in [4.69, 9.17) is 0 Å². The minimum Gasteiger partial charge on any atom is -0.369 e. The van der Waals surface area contributed by atoms with Crippen LogP contribution in [0.15, 0.2) is 18.2 Å². The number of benzene rings is 1. The highest BCUT2D eigenvalue weighted by molar-refractivity contribution is 5.50. The summed E-state index contributed by atoms with van der Waals surface area (Å²) in [6, 6.07) is 6.51. The average molecular weight is 333 g/mol. The molecule has 2 aliphatic rings. The molecule has 0 aliphatic carbocycles. The molecule has 0 aromatic heterocycles. The van der Waals surface area contributed by atoms with Crippen LogP contribution >= 0.6 is 0 Å². The van der Waals surface area contributed by atoms with Crippen LogP contribution < -0.4 is 4.90 Å². The number of hydrogen-bond acceptors (Lipinski definition) is 2. The van der Waals surface area contributed by atoms with Gasteiger partial charge in [-0.3, -0.25) is 0 Å². The zero-order chi connectivity index (χ0) is 17.3. The van der Waals surface area contributed by atoms with Gasteiger partial charge in [-0.25, -0.2) is 4.39 Å². The van der Waals surface area contributed by atoms with Gasteiger partial charge >= 0.3 is 0 Å². The molecular formula is C21H33FN2. The normalized spacial score (nSPS) is 22.1.